The number of hydrogen-bond donors (Lipinski definition) is 2. The Kier molecular flexibility index (Phi) is 4.65. The Balaban J connectivity index is 2.12. The third kappa shape index (κ3) is 3.30. The molecule has 1 fully saturated rings. The average Bonchev–Trinajstić information content (AvgIpc) is 2.92. The second kappa shape index (κ2) is 6.10. The molecule has 1 unspecified atom stereocenters. The Morgan fingerprint density at radius 2 is 2.15 bits per heavy atom. The number of halogens is 1. The largest absolute Gasteiger partial charge is 0.481 e. The molecule has 2 rings (SSSR count). The smallest absolute Gasteiger partial charge is 0.256 e. The highest BCUT2D eigenvalue weighted by atomic mass is 79.9. The number of aromatic nitrogens is 1. The Hall–Kier alpha value is -1.14. The number of carbonyl (C=O) groups is 1. The van der Waals surface area contributed by atoms with Crippen LogP contribution in [0.3, 0.4) is 0 Å². The number of nitrogens with one attached hydrogen (secondary N) is 1. The van der Waals surface area contributed by atoms with Gasteiger partial charge < -0.3 is 15.2 Å². The van der Waals surface area contributed by atoms with Gasteiger partial charge in [-0.15, -0.1) is 0 Å². The van der Waals surface area contributed by atoms with Gasteiger partial charge in [0.1, 0.15) is 10.2 Å². The van der Waals surface area contributed by atoms with E-state index in [-0.39, 0.29) is 11.8 Å². The molecular formula is C14H19BrN2O3. The van der Waals surface area contributed by atoms with Crippen molar-refractivity contribution in [3.05, 3.63) is 16.7 Å². The van der Waals surface area contributed by atoms with E-state index in [4.69, 9.17) is 4.74 Å². The average molecular weight is 343 g/mol. The van der Waals surface area contributed by atoms with Gasteiger partial charge in [-0.25, -0.2) is 4.98 Å². The first-order valence-electron chi connectivity index (χ1n) is 6.69. The van der Waals surface area contributed by atoms with E-state index in [0.717, 1.165) is 25.7 Å². The molecule has 20 heavy (non-hydrogen) atoms. The zero-order valence-electron chi connectivity index (χ0n) is 11.6. The standard InChI is InChI=1S/C14H19BrN2O3/c1-14(19,9-5-3-4-6-9)13(18)16-10-7-11(15)17-12(8-10)20-2/h7-9,19H,3-6H2,1-2H3,(H,16,17,18). The molecule has 1 aromatic heterocycles. The van der Waals surface area contributed by atoms with Gasteiger partial charge in [-0.05, 0) is 47.7 Å². The summed E-state index contributed by atoms with van der Waals surface area (Å²) in [6.07, 6.45) is 3.93. The lowest BCUT2D eigenvalue weighted by Gasteiger charge is -2.28. The second-order valence-corrected chi connectivity index (χ2v) is 6.12. The minimum Gasteiger partial charge on any atom is -0.481 e. The van der Waals surface area contributed by atoms with Crippen molar-refractivity contribution in [3.63, 3.8) is 0 Å². The summed E-state index contributed by atoms with van der Waals surface area (Å²) in [5.74, 6) is 0.0365. The Morgan fingerprint density at radius 1 is 1.50 bits per heavy atom. The summed E-state index contributed by atoms with van der Waals surface area (Å²) in [5.41, 5.74) is -0.800. The van der Waals surface area contributed by atoms with Gasteiger partial charge in [-0.2, -0.15) is 0 Å². The molecule has 0 bridgehead atoms. The van der Waals surface area contributed by atoms with Crippen molar-refractivity contribution in [1.82, 2.24) is 4.98 Å². The summed E-state index contributed by atoms with van der Waals surface area (Å²) >= 11 is 3.26. The molecule has 0 aliphatic heterocycles. The maximum atomic E-state index is 12.3. The van der Waals surface area contributed by atoms with E-state index < -0.39 is 5.60 Å². The van der Waals surface area contributed by atoms with Crippen molar-refractivity contribution >= 4 is 27.5 Å². The zero-order chi connectivity index (χ0) is 14.8. The quantitative estimate of drug-likeness (QED) is 0.825. The summed E-state index contributed by atoms with van der Waals surface area (Å²) in [6, 6.07) is 3.29. The number of ether oxygens (including phenoxy) is 1. The molecule has 1 aliphatic carbocycles. The number of amides is 1. The van der Waals surface area contributed by atoms with Crippen LogP contribution in [0.1, 0.15) is 32.6 Å². The summed E-state index contributed by atoms with van der Waals surface area (Å²) in [4.78, 5) is 16.4. The van der Waals surface area contributed by atoms with Crippen molar-refractivity contribution in [2.75, 3.05) is 12.4 Å². The van der Waals surface area contributed by atoms with Crippen molar-refractivity contribution in [2.45, 2.75) is 38.2 Å². The topological polar surface area (TPSA) is 71.5 Å². The van der Waals surface area contributed by atoms with E-state index in [9.17, 15) is 9.90 Å². The van der Waals surface area contributed by atoms with Crippen LogP contribution in [0.5, 0.6) is 5.88 Å². The van der Waals surface area contributed by atoms with Gasteiger partial charge in [0.25, 0.3) is 5.91 Å². The van der Waals surface area contributed by atoms with E-state index in [1.54, 1.807) is 19.1 Å². The minimum absolute atomic E-state index is 0.0228. The minimum atomic E-state index is -1.35. The maximum Gasteiger partial charge on any atom is 0.256 e. The summed E-state index contributed by atoms with van der Waals surface area (Å²) in [5, 5.41) is 13.2. The first kappa shape index (κ1) is 15.3. The summed E-state index contributed by atoms with van der Waals surface area (Å²) in [7, 11) is 1.51. The van der Waals surface area contributed by atoms with Gasteiger partial charge in [0.15, 0.2) is 0 Å². The molecule has 0 radical (unpaired) electrons. The molecular weight excluding hydrogens is 324 g/mol. The number of carbonyl (C=O) groups excluding carboxylic acids is 1. The highest BCUT2D eigenvalue weighted by molar-refractivity contribution is 9.10. The van der Waals surface area contributed by atoms with Gasteiger partial charge in [0.2, 0.25) is 5.88 Å². The first-order chi connectivity index (χ1) is 9.43. The molecule has 0 saturated heterocycles. The maximum absolute atomic E-state index is 12.3. The van der Waals surface area contributed by atoms with Gasteiger partial charge in [0, 0.05) is 11.8 Å². The number of pyridine rings is 1. The molecule has 110 valence electrons. The van der Waals surface area contributed by atoms with Crippen molar-refractivity contribution < 1.29 is 14.6 Å². The van der Waals surface area contributed by atoms with Crippen LogP contribution in [0.25, 0.3) is 0 Å². The van der Waals surface area contributed by atoms with Crippen LogP contribution >= 0.6 is 15.9 Å². The number of aliphatic hydroxyl groups is 1. The van der Waals surface area contributed by atoms with Crippen LogP contribution in [0.4, 0.5) is 5.69 Å². The monoisotopic (exact) mass is 342 g/mol. The predicted octanol–water partition coefficient (Wildman–Crippen LogP) is 2.73. The van der Waals surface area contributed by atoms with Gasteiger partial charge in [0.05, 0.1) is 7.11 Å². The van der Waals surface area contributed by atoms with Crippen LogP contribution in [0.2, 0.25) is 0 Å². The number of anilines is 1. The van der Waals surface area contributed by atoms with Gasteiger partial charge >= 0.3 is 0 Å². The molecule has 1 aromatic rings. The van der Waals surface area contributed by atoms with Crippen LogP contribution in [0.15, 0.2) is 16.7 Å². The first-order valence-corrected chi connectivity index (χ1v) is 7.48. The van der Waals surface area contributed by atoms with E-state index in [1.807, 2.05) is 0 Å². The number of methoxy groups -OCH3 is 1. The predicted molar refractivity (Wildman–Crippen MR) is 79.7 cm³/mol. The molecule has 2 N–H and O–H groups in total. The van der Waals surface area contributed by atoms with E-state index in [1.165, 1.54) is 7.11 Å². The van der Waals surface area contributed by atoms with Crippen LogP contribution in [-0.2, 0) is 4.79 Å². The second-order valence-electron chi connectivity index (χ2n) is 5.30. The summed E-state index contributed by atoms with van der Waals surface area (Å²) in [6.45, 7) is 1.59. The lowest BCUT2D eigenvalue weighted by molar-refractivity contribution is -0.137. The van der Waals surface area contributed by atoms with Crippen molar-refractivity contribution in [3.8, 4) is 5.88 Å². The zero-order valence-corrected chi connectivity index (χ0v) is 13.2. The molecule has 1 aliphatic rings. The third-order valence-corrected chi connectivity index (χ3v) is 4.25. The summed E-state index contributed by atoms with van der Waals surface area (Å²) < 4.78 is 5.61. The third-order valence-electron chi connectivity index (χ3n) is 3.85. The molecule has 5 nitrogen and oxygen atoms in total. The SMILES string of the molecule is COc1cc(NC(=O)C(C)(O)C2CCCC2)cc(Br)n1. The molecule has 1 saturated carbocycles. The fourth-order valence-corrected chi connectivity index (χ4v) is 3.00. The molecule has 1 amide bonds. The fourth-order valence-electron chi connectivity index (χ4n) is 2.58. The van der Waals surface area contributed by atoms with Gasteiger partial charge in [-0.1, -0.05) is 12.8 Å². The van der Waals surface area contributed by atoms with E-state index in [0.29, 0.717) is 16.2 Å². The van der Waals surface area contributed by atoms with Crippen LogP contribution < -0.4 is 10.1 Å². The van der Waals surface area contributed by atoms with Crippen LogP contribution in [-0.4, -0.2) is 28.7 Å². The number of nitrogens with zero attached hydrogens (tertiary/aromatic N) is 1. The lowest BCUT2D eigenvalue weighted by atomic mass is 9.87. The molecule has 0 spiro atoms. The lowest BCUT2D eigenvalue weighted by Crippen LogP contribution is -2.45. The highest BCUT2D eigenvalue weighted by Gasteiger charge is 2.40. The normalized spacial score (nSPS) is 18.6. The van der Waals surface area contributed by atoms with Crippen LogP contribution in [0, 0.1) is 5.92 Å². The van der Waals surface area contributed by atoms with Crippen molar-refractivity contribution in [1.29, 1.82) is 0 Å². The Labute approximate surface area is 126 Å². The molecule has 0 aromatic carbocycles. The molecule has 6 heteroatoms. The van der Waals surface area contributed by atoms with Gasteiger partial charge in [-0.3, -0.25) is 4.79 Å². The highest BCUT2D eigenvalue weighted by Crippen LogP contribution is 2.35. The van der Waals surface area contributed by atoms with Crippen molar-refractivity contribution in [2.24, 2.45) is 5.92 Å². The molecule has 1 heterocycles. The Morgan fingerprint density at radius 3 is 2.75 bits per heavy atom. The van der Waals surface area contributed by atoms with E-state index in [2.05, 4.69) is 26.2 Å². The Bertz CT molecular complexity index is 499. The molecule has 1 atom stereocenters. The fraction of sp³-hybridized carbons (Fsp3) is 0.571. The van der Waals surface area contributed by atoms with E-state index >= 15 is 0 Å². The number of rotatable bonds is 4. The number of hydrogen-bond acceptors (Lipinski definition) is 4.